The molecule has 1 saturated heterocycles. The summed E-state index contributed by atoms with van der Waals surface area (Å²) in [5, 5.41) is 11.8. The van der Waals surface area contributed by atoms with Gasteiger partial charge in [-0.3, -0.25) is 0 Å². The predicted molar refractivity (Wildman–Crippen MR) is 151 cm³/mol. The molecular formula is C31H54OS2. The molecule has 1 nitrogen and oxygen atoms in total. The second kappa shape index (κ2) is 10.1. The van der Waals surface area contributed by atoms with Gasteiger partial charge in [-0.15, -0.1) is 23.5 Å². The fraction of sp³-hybridized carbons (Fsp3) is 1.00. The van der Waals surface area contributed by atoms with Gasteiger partial charge in [0, 0.05) is 0 Å². The highest BCUT2D eigenvalue weighted by Crippen LogP contribution is 2.69. The van der Waals surface area contributed by atoms with Gasteiger partial charge in [-0.05, 0) is 128 Å². The number of thioether (sulfide) groups is 2. The molecule has 1 N–H and O–H groups in total. The Morgan fingerprint density at radius 3 is 2.29 bits per heavy atom. The van der Waals surface area contributed by atoms with Crippen LogP contribution in [0.3, 0.4) is 0 Å². The summed E-state index contributed by atoms with van der Waals surface area (Å²) in [5.74, 6) is 8.87. The number of fused-ring (bicyclic) bond motifs is 5. The van der Waals surface area contributed by atoms with Crippen LogP contribution in [0.5, 0.6) is 0 Å². The molecule has 3 heteroatoms. The van der Waals surface area contributed by atoms with Crippen LogP contribution in [0.4, 0.5) is 0 Å². The summed E-state index contributed by atoms with van der Waals surface area (Å²) in [4.78, 5) is 0. The van der Waals surface area contributed by atoms with Crippen LogP contribution in [0.1, 0.15) is 118 Å². The van der Waals surface area contributed by atoms with Crippen molar-refractivity contribution in [2.75, 3.05) is 11.5 Å². The van der Waals surface area contributed by atoms with Gasteiger partial charge in [0.05, 0.1) is 10.2 Å². The maximum absolute atomic E-state index is 11.8. The monoisotopic (exact) mass is 506 g/mol. The highest BCUT2D eigenvalue weighted by Gasteiger charge is 2.62. The molecule has 34 heavy (non-hydrogen) atoms. The first-order chi connectivity index (χ1) is 16.2. The maximum atomic E-state index is 11.8. The van der Waals surface area contributed by atoms with Gasteiger partial charge in [-0.2, -0.15) is 0 Å². The van der Waals surface area contributed by atoms with E-state index in [1.54, 1.807) is 0 Å². The van der Waals surface area contributed by atoms with Crippen LogP contribution >= 0.6 is 23.5 Å². The van der Waals surface area contributed by atoms with Crippen LogP contribution in [-0.4, -0.2) is 26.8 Å². The van der Waals surface area contributed by atoms with Gasteiger partial charge in [0.2, 0.25) is 0 Å². The molecule has 0 radical (unpaired) electrons. The molecule has 5 aliphatic rings. The second-order valence-electron chi connectivity index (χ2n) is 14.4. The summed E-state index contributed by atoms with van der Waals surface area (Å²) in [6.07, 6.45) is 17.9. The predicted octanol–water partition coefficient (Wildman–Crippen LogP) is 9.04. The van der Waals surface area contributed by atoms with Gasteiger partial charge < -0.3 is 5.11 Å². The molecule has 0 aromatic heterocycles. The SMILES string of the molecule is CC(C)CCC[C@@H](C)[C@H]1CC[C@H]2[C@@H]3CCC4CC(O)(C5SCCCS5)CC[C@]4(C)[C@H]3CC[C@]12C. The third-order valence-electron chi connectivity index (χ3n) is 12.2. The summed E-state index contributed by atoms with van der Waals surface area (Å²) < 4.78 is 0.436. The molecule has 0 spiro atoms. The average Bonchev–Trinajstić information content (AvgIpc) is 3.17. The zero-order valence-electron chi connectivity index (χ0n) is 23.0. The Labute approximate surface area is 220 Å². The van der Waals surface area contributed by atoms with Crippen molar-refractivity contribution in [3.63, 3.8) is 0 Å². The number of hydrogen-bond donors (Lipinski definition) is 1. The Hall–Kier alpha value is 0.660. The van der Waals surface area contributed by atoms with Crippen LogP contribution in [0.2, 0.25) is 0 Å². The quantitative estimate of drug-likeness (QED) is 0.388. The first kappa shape index (κ1) is 26.3. The average molecular weight is 507 g/mol. The van der Waals surface area contributed by atoms with E-state index in [2.05, 4.69) is 58.1 Å². The lowest BCUT2D eigenvalue weighted by atomic mass is 9.43. The van der Waals surface area contributed by atoms with Gasteiger partial charge in [0.1, 0.15) is 0 Å². The molecule has 1 heterocycles. The summed E-state index contributed by atoms with van der Waals surface area (Å²) in [5.41, 5.74) is 0.688. The Bertz CT molecular complexity index is 704. The molecule has 0 aromatic rings. The summed E-state index contributed by atoms with van der Waals surface area (Å²) in [6.45, 7) is 12.8. The summed E-state index contributed by atoms with van der Waals surface area (Å²) >= 11 is 4.13. The van der Waals surface area contributed by atoms with E-state index in [-0.39, 0.29) is 0 Å². The van der Waals surface area contributed by atoms with Crippen molar-refractivity contribution in [3.05, 3.63) is 0 Å². The van der Waals surface area contributed by atoms with Crippen molar-refractivity contribution in [2.45, 2.75) is 128 Å². The van der Waals surface area contributed by atoms with Gasteiger partial charge in [0.15, 0.2) is 0 Å². The first-order valence-electron chi connectivity index (χ1n) is 15.1. The number of rotatable bonds is 6. The fourth-order valence-corrected chi connectivity index (χ4v) is 13.6. The van der Waals surface area contributed by atoms with Crippen LogP contribution in [0.25, 0.3) is 0 Å². The molecular weight excluding hydrogens is 452 g/mol. The molecule has 4 aliphatic carbocycles. The second-order valence-corrected chi connectivity index (χ2v) is 17.1. The van der Waals surface area contributed by atoms with Gasteiger partial charge in [0.25, 0.3) is 0 Å². The molecule has 2 unspecified atom stereocenters. The van der Waals surface area contributed by atoms with Crippen molar-refractivity contribution >= 4 is 23.5 Å². The highest BCUT2D eigenvalue weighted by molar-refractivity contribution is 8.17. The van der Waals surface area contributed by atoms with E-state index in [9.17, 15) is 5.11 Å². The summed E-state index contributed by atoms with van der Waals surface area (Å²) in [7, 11) is 0. The minimum Gasteiger partial charge on any atom is -0.388 e. The van der Waals surface area contributed by atoms with Crippen LogP contribution in [0, 0.1) is 52.3 Å². The van der Waals surface area contributed by atoms with Crippen molar-refractivity contribution in [3.8, 4) is 0 Å². The van der Waals surface area contributed by atoms with Crippen LogP contribution in [0.15, 0.2) is 0 Å². The Morgan fingerprint density at radius 1 is 0.824 bits per heavy atom. The van der Waals surface area contributed by atoms with E-state index in [1.165, 1.54) is 82.1 Å². The van der Waals surface area contributed by atoms with Crippen molar-refractivity contribution in [2.24, 2.45) is 52.3 Å². The number of aliphatic hydroxyl groups is 1. The lowest BCUT2D eigenvalue weighted by molar-refractivity contribution is -0.148. The van der Waals surface area contributed by atoms with E-state index >= 15 is 0 Å². The van der Waals surface area contributed by atoms with Gasteiger partial charge in [-0.25, -0.2) is 0 Å². The molecule has 5 rings (SSSR count). The van der Waals surface area contributed by atoms with Crippen molar-refractivity contribution < 1.29 is 5.11 Å². The zero-order valence-corrected chi connectivity index (χ0v) is 24.6. The third kappa shape index (κ3) is 4.57. The summed E-state index contributed by atoms with van der Waals surface area (Å²) in [6, 6.07) is 0. The first-order valence-corrected chi connectivity index (χ1v) is 17.2. The molecule has 0 amide bonds. The topological polar surface area (TPSA) is 20.2 Å². The highest BCUT2D eigenvalue weighted by atomic mass is 32.2. The normalized spacial score (nSPS) is 48.3. The minimum atomic E-state index is -0.403. The molecule has 5 fully saturated rings. The van der Waals surface area contributed by atoms with E-state index in [1.807, 2.05) is 0 Å². The largest absolute Gasteiger partial charge is 0.388 e. The third-order valence-corrected chi connectivity index (χ3v) is 15.6. The Balaban J connectivity index is 1.26. The van der Waals surface area contributed by atoms with Crippen LogP contribution < -0.4 is 0 Å². The lowest BCUT2D eigenvalue weighted by Crippen LogP contribution is -2.57. The van der Waals surface area contributed by atoms with Gasteiger partial charge >= 0.3 is 0 Å². The molecule has 0 bridgehead atoms. The molecule has 196 valence electrons. The molecule has 0 aromatic carbocycles. The van der Waals surface area contributed by atoms with E-state index in [0.717, 1.165) is 54.3 Å². The number of hydrogen-bond acceptors (Lipinski definition) is 3. The minimum absolute atomic E-state index is 0.403. The van der Waals surface area contributed by atoms with Crippen LogP contribution in [-0.2, 0) is 0 Å². The zero-order chi connectivity index (χ0) is 24.1. The molecule has 9 atom stereocenters. The fourth-order valence-electron chi connectivity index (χ4n) is 10.3. The van der Waals surface area contributed by atoms with Crippen molar-refractivity contribution in [1.82, 2.24) is 0 Å². The maximum Gasteiger partial charge on any atom is 0.0859 e. The van der Waals surface area contributed by atoms with E-state index < -0.39 is 5.60 Å². The van der Waals surface area contributed by atoms with Crippen molar-refractivity contribution in [1.29, 1.82) is 0 Å². The Kier molecular flexibility index (Phi) is 7.80. The Morgan fingerprint density at radius 2 is 1.56 bits per heavy atom. The molecule has 4 saturated carbocycles. The standard InChI is InChI=1S/C31H54OS2/c1-21(2)8-6-9-22(3)25-12-13-26-24-11-10-23-20-31(32,28-33-18-7-19-34-28)17-16-29(23,4)27(24)14-15-30(25,26)5/h21-28,32H,6-20H2,1-5H3/t22-,23?,24+,25-,26+,27+,29+,30-,31?/m1/s1. The van der Waals surface area contributed by atoms with Gasteiger partial charge in [-0.1, -0.05) is 53.9 Å². The lowest BCUT2D eigenvalue weighted by Gasteiger charge is -2.63. The molecule has 1 aliphatic heterocycles. The van der Waals surface area contributed by atoms with E-state index in [0.29, 0.717) is 15.4 Å². The van der Waals surface area contributed by atoms with E-state index in [4.69, 9.17) is 0 Å². The smallest absolute Gasteiger partial charge is 0.0859 e.